The predicted octanol–water partition coefficient (Wildman–Crippen LogP) is 6.72. The lowest BCUT2D eigenvalue weighted by molar-refractivity contribution is -0.140. The highest BCUT2D eigenvalue weighted by atomic mass is 32.3. The maximum absolute atomic E-state index is 12.3. The van der Waals surface area contributed by atoms with E-state index in [1.54, 1.807) is 34.3 Å². The van der Waals surface area contributed by atoms with E-state index < -0.39 is 10.8 Å². The van der Waals surface area contributed by atoms with Gasteiger partial charge in [0.1, 0.15) is 16.7 Å². The summed E-state index contributed by atoms with van der Waals surface area (Å²) in [5.74, 6) is 0.0466. The van der Waals surface area contributed by atoms with Crippen molar-refractivity contribution < 1.29 is 23.4 Å². The first-order chi connectivity index (χ1) is 17.2. The molecule has 1 heterocycles. The highest BCUT2D eigenvalue weighted by Gasteiger charge is 2.34. The molecule has 3 aromatic rings. The van der Waals surface area contributed by atoms with Crippen LogP contribution in [0.3, 0.4) is 0 Å². The van der Waals surface area contributed by atoms with Crippen molar-refractivity contribution >= 4 is 28.5 Å². The summed E-state index contributed by atoms with van der Waals surface area (Å²) in [6.07, 6.45) is 2.03. The number of hydrogen-bond donors (Lipinski definition) is 2. The van der Waals surface area contributed by atoms with Crippen molar-refractivity contribution in [2.75, 3.05) is 19.9 Å². The summed E-state index contributed by atoms with van der Waals surface area (Å²) in [6.45, 7) is 4.64. The van der Waals surface area contributed by atoms with Crippen LogP contribution in [-0.4, -0.2) is 45.4 Å². The van der Waals surface area contributed by atoms with Gasteiger partial charge in [0.2, 0.25) is 0 Å². The molecule has 4 rings (SSSR count). The van der Waals surface area contributed by atoms with Gasteiger partial charge in [0, 0.05) is 17.4 Å². The summed E-state index contributed by atoms with van der Waals surface area (Å²) in [4.78, 5) is 13.9. The summed E-state index contributed by atoms with van der Waals surface area (Å²) in [5, 5.41) is 0. The monoisotopic (exact) mass is 527 g/mol. The number of ether oxygens (including phenoxy) is 2. The molecule has 36 heavy (non-hydrogen) atoms. The zero-order chi connectivity index (χ0) is 25.9. The zero-order valence-corrected chi connectivity index (χ0v) is 22.6. The van der Waals surface area contributed by atoms with Gasteiger partial charge >= 0.3 is 5.97 Å². The van der Waals surface area contributed by atoms with Crippen LogP contribution in [0.5, 0.6) is 5.75 Å². The number of methoxy groups -OCH3 is 1. The molecule has 2 atom stereocenters. The van der Waals surface area contributed by atoms with Gasteiger partial charge in [-0.25, -0.2) is 0 Å². The molecule has 0 bridgehead atoms. The molecule has 0 aromatic heterocycles. The second-order valence-electron chi connectivity index (χ2n) is 9.01. The third-order valence-corrected chi connectivity index (χ3v) is 9.20. The van der Waals surface area contributed by atoms with Gasteiger partial charge in [0.15, 0.2) is 0 Å². The fraction of sp³-hybridized carbons (Fsp3) is 0.321. The van der Waals surface area contributed by atoms with E-state index in [1.807, 2.05) is 38.3 Å². The summed E-state index contributed by atoms with van der Waals surface area (Å²) >= 11 is 1.67. The van der Waals surface area contributed by atoms with Crippen LogP contribution in [0.4, 0.5) is 0 Å². The minimum Gasteiger partial charge on any atom is -0.487 e. The van der Waals surface area contributed by atoms with Crippen LogP contribution in [0, 0.1) is 6.92 Å². The van der Waals surface area contributed by atoms with Crippen LogP contribution < -0.4 is 4.74 Å². The van der Waals surface area contributed by atoms with Gasteiger partial charge in [0.25, 0.3) is 0 Å². The van der Waals surface area contributed by atoms with Crippen LogP contribution in [0.2, 0.25) is 0 Å². The highest BCUT2D eigenvalue weighted by Crippen LogP contribution is 2.57. The molecule has 0 radical (unpaired) electrons. The number of carbonyl (C=O) groups is 1. The van der Waals surface area contributed by atoms with E-state index in [-0.39, 0.29) is 24.4 Å². The Kier molecular flexibility index (Phi) is 8.32. The standard InChI is InChI=1S/C28H33NO5S2/c1-19-9-10-22(25(16-28(30)33-3)21-11-13-24(35-4)14-12-21)15-23(19)18-29-17-20(2)34-26-7-5-6-8-27(26)36(29,31)32/h5-15,20,25,31-32H,16-18H2,1-4H3/t20-,25?/m1/s1. The van der Waals surface area contributed by atoms with E-state index in [0.717, 1.165) is 27.1 Å². The number of nitrogens with zero attached hydrogens (tertiary/aromatic N) is 1. The maximum Gasteiger partial charge on any atom is 0.306 e. The van der Waals surface area contributed by atoms with E-state index in [2.05, 4.69) is 30.3 Å². The Hall–Kier alpha value is -2.49. The molecule has 0 saturated carbocycles. The van der Waals surface area contributed by atoms with Crippen molar-refractivity contribution in [3.63, 3.8) is 0 Å². The molecule has 8 heteroatoms. The Morgan fingerprint density at radius 2 is 1.83 bits per heavy atom. The SMILES string of the molecule is COC(=O)CC(c1ccc(SC)cc1)c1ccc(C)c(CN2C[C@@H](C)Oc3ccccc3S2(O)O)c1. The van der Waals surface area contributed by atoms with Crippen molar-refractivity contribution in [2.24, 2.45) is 0 Å². The van der Waals surface area contributed by atoms with Gasteiger partial charge in [-0.3, -0.25) is 13.9 Å². The van der Waals surface area contributed by atoms with Gasteiger partial charge < -0.3 is 9.47 Å². The molecule has 0 saturated heterocycles. The molecular weight excluding hydrogens is 494 g/mol. The minimum atomic E-state index is -3.25. The predicted molar refractivity (Wildman–Crippen MR) is 146 cm³/mol. The largest absolute Gasteiger partial charge is 0.487 e. The topological polar surface area (TPSA) is 79.2 Å². The first-order valence-corrected chi connectivity index (χ1v) is 14.5. The molecular formula is C28H33NO5S2. The quantitative estimate of drug-likeness (QED) is 0.261. The van der Waals surface area contributed by atoms with Gasteiger partial charge in [-0.1, -0.05) is 42.5 Å². The van der Waals surface area contributed by atoms with Crippen molar-refractivity contribution in [1.29, 1.82) is 0 Å². The molecule has 0 fully saturated rings. The lowest BCUT2D eigenvalue weighted by atomic mass is 9.87. The normalized spacial score (nSPS) is 18.9. The highest BCUT2D eigenvalue weighted by molar-refractivity contribution is 8.22. The van der Waals surface area contributed by atoms with Gasteiger partial charge in [-0.15, -0.1) is 22.5 Å². The number of fused-ring (bicyclic) bond motifs is 1. The molecule has 0 amide bonds. The number of rotatable bonds is 7. The number of aryl methyl sites for hydroxylation is 1. The van der Waals surface area contributed by atoms with Crippen molar-refractivity contribution in [1.82, 2.24) is 4.31 Å². The van der Waals surface area contributed by atoms with Crippen LogP contribution in [-0.2, 0) is 16.1 Å². The Balaban J connectivity index is 1.70. The molecule has 1 aliphatic rings. The summed E-state index contributed by atoms with van der Waals surface area (Å²) in [7, 11) is -1.85. The first-order valence-electron chi connectivity index (χ1n) is 11.8. The van der Waals surface area contributed by atoms with Crippen LogP contribution >= 0.6 is 22.5 Å². The molecule has 6 nitrogen and oxygen atoms in total. The summed E-state index contributed by atoms with van der Waals surface area (Å²) < 4.78 is 35.3. The van der Waals surface area contributed by atoms with Crippen molar-refractivity contribution in [2.45, 2.75) is 48.6 Å². The third-order valence-electron chi connectivity index (χ3n) is 6.53. The van der Waals surface area contributed by atoms with Crippen LogP contribution in [0.1, 0.15) is 41.5 Å². The molecule has 1 aliphatic heterocycles. The van der Waals surface area contributed by atoms with E-state index in [9.17, 15) is 13.9 Å². The molecule has 0 spiro atoms. The number of hydrogen-bond acceptors (Lipinski definition) is 7. The fourth-order valence-electron chi connectivity index (χ4n) is 4.49. The van der Waals surface area contributed by atoms with Crippen molar-refractivity contribution in [3.8, 4) is 5.75 Å². The second kappa shape index (κ2) is 11.3. The Morgan fingerprint density at radius 3 is 2.53 bits per heavy atom. The Morgan fingerprint density at radius 1 is 1.14 bits per heavy atom. The lowest BCUT2D eigenvalue weighted by Gasteiger charge is -2.42. The lowest BCUT2D eigenvalue weighted by Crippen LogP contribution is -2.33. The first kappa shape index (κ1) is 26.6. The molecule has 3 aromatic carbocycles. The third kappa shape index (κ3) is 5.74. The average Bonchev–Trinajstić information content (AvgIpc) is 2.97. The Bertz CT molecular complexity index is 1210. The maximum atomic E-state index is 12.3. The fourth-order valence-corrected chi connectivity index (χ4v) is 6.57. The number of benzene rings is 3. The van der Waals surface area contributed by atoms with Gasteiger partial charge in [0.05, 0.1) is 20.1 Å². The molecule has 0 aliphatic carbocycles. The average molecular weight is 528 g/mol. The van der Waals surface area contributed by atoms with E-state index >= 15 is 0 Å². The van der Waals surface area contributed by atoms with E-state index in [4.69, 9.17) is 9.47 Å². The van der Waals surface area contributed by atoms with E-state index in [0.29, 0.717) is 23.7 Å². The van der Waals surface area contributed by atoms with Crippen LogP contribution in [0.15, 0.2) is 76.5 Å². The minimum absolute atomic E-state index is 0.180. The number of esters is 1. The number of thioether (sulfide) groups is 1. The molecule has 2 N–H and O–H groups in total. The van der Waals surface area contributed by atoms with Crippen molar-refractivity contribution in [3.05, 3.63) is 89.0 Å². The number of carbonyl (C=O) groups excluding carboxylic acids is 1. The molecule has 1 unspecified atom stereocenters. The summed E-state index contributed by atoms with van der Waals surface area (Å²) in [5.41, 5.74) is 4.01. The molecule has 192 valence electrons. The van der Waals surface area contributed by atoms with Crippen LogP contribution in [0.25, 0.3) is 0 Å². The Labute approximate surface area is 219 Å². The second-order valence-corrected chi connectivity index (χ2v) is 11.9. The van der Waals surface area contributed by atoms with Gasteiger partial charge in [-0.2, -0.15) is 4.31 Å². The smallest absolute Gasteiger partial charge is 0.306 e. The summed E-state index contributed by atoms with van der Waals surface area (Å²) in [6, 6.07) is 21.5. The zero-order valence-electron chi connectivity index (χ0n) is 21.0. The van der Waals surface area contributed by atoms with E-state index in [1.165, 1.54) is 7.11 Å². The van der Waals surface area contributed by atoms with Gasteiger partial charge in [-0.05, 0) is 66.6 Å². The number of para-hydroxylation sites is 1.